The molecule has 0 aromatic carbocycles. The molecule has 0 amide bonds. The third kappa shape index (κ3) is 3.43. The predicted octanol–water partition coefficient (Wildman–Crippen LogP) is 2.66. The first-order valence-corrected chi connectivity index (χ1v) is 7.12. The Bertz CT molecular complexity index is 558. The van der Waals surface area contributed by atoms with Crippen LogP contribution in [0.2, 0.25) is 0 Å². The number of nitrogens with one attached hydrogen (secondary N) is 1. The van der Waals surface area contributed by atoms with E-state index in [4.69, 9.17) is 4.42 Å². The Morgan fingerprint density at radius 1 is 1.42 bits per heavy atom. The molecule has 0 bridgehead atoms. The first-order valence-electron chi connectivity index (χ1n) is 6.30. The van der Waals surface area contributed by atoms with Crippen LogP contribution in [0.5, 0.6) is 0 Å². The maximum Gasteiger partial charge on any atom is 0.107 e. The van der Waals surface area contributed by atoms with Crippen LogP contribution in [0.25, 0.3) is 0 Å². The quantitative estimate of drug-likeness (QED) is 0.884. The minimum Gasteiger partial charge on any atom is -0.466 e. The second kappa shape index (κ2) is 5.45. The average molecular weight is 280 g/mol. The molecule has 2 heterocycles. The smallest absolute Gasteiger partial charge is 0.107 e. The number of hydrogen-bond donors (Lipinski definition) is 2. The molecule has 1 unspecified atom stereocenters. The highest BCUT2D eigenvalue weighted by atomic mass is 32.1. The molecule has 104 valence electrons. The minimum atomic E-state index is -0.929. The standard InChI is InChI=1S/C14H20N2O2S/c1-9-5-13(10(2)18-9)14(4,17)8-15-6-12-7-16-11(3)19-12/h5,7,15,17H,6,8H2,1-4H3. The van der Waals surface area contributed by atoms with Gasteiger partial charge in [0.15, 0.2) is 0 Å². The Morgan fingerprint density at radius 3 is 2.68 bits per heavy atom. The van der Waals surface area contributed by atoms with Gasteiger partial charge >= 0.3 is 0 Å². The van der Waals surface area contributed by atoms with Crippen LogP contribution in [0.1, 0.15) is 33.9 Å². The van der Waals surface area contributed by atoms with Crippen LogP contribution in [0.15, 0.2) is 16.7 Å². The van der Waals surface area contributed by atoms with Gasteiger partial charge in [0.1, 0.15) is 17.1 Å². The van der Waals surface area contributed by atoms with Crippen LogP contribution in [-0.2, 0) is 12.1 Å². The van der Waals surface area contributed by atoms with Crippen LogP contribution in [0.3, 0.4) is 0 Å². The molecule has 2 rings (SSSR count). The summed E-state index contributed by atoms with van der Waals surface area (Å²) >= 11 is 1.67. The van der Waals surface area contributed by atoms with Gasteiger partial charge in [-0.05, 0) is 33.8 Å². The molecule has 0 aliphatic carbocycles. The fourth-order valence-corrected chi connectivity index (χ4v) is 2.94. The normalized spacial score (nSPS) is 14.6. The van der Waals surface area contributed by atoms with Gasteiger partial charge in [0.05, 0.1) is 5.01 Å². The minimum absolute atomic E-state index is 0.476. The van der Waals surface area contributed by atoms with E-state index in [1.165, 1.54) is 4.88 Å². The molecule has 0 aliphatic heterocycles. The SMILES string of the molecule is Cc1cc(C(C)(O)CNCc2cnc(C)s2)c(C)o1. The molecule has 5 heteroatoms. The van der Waals surface area contributed by atoms with Crippen molar-refractivity contribution in [3.63, 3.8) is 0 Å². The lowest BCUT2D eigenvalue weighted by Crippen LogP contribution is -2.35. The summed E-state index contributed by atoms with van der Waals surface area (Å²) in [5.41, 5.74) is -0.0836. The van der Waals surface area contributed by atoms with Crippen molar-refractivity contribution in [2.24, 2.45) is 0 Å². The number of aromatic nitrogens is 1. The van der Waals surface area contributed by atoms with E-state index < -0.39 is 5.60 Å². The zero-order valence-electron chi connectivity index (χ0n) is 11.8. The van der Waals surface area contributed by atoms with Gasteiger partial charge in [0.25, 0.3) is 0 Å². The van der Waals surface area contributed by atoms with Crippen LogP contribution < -0.4 is 5.32 Å². The highest BCUT2D eigenvalue weighted by Gasteiger charge is 2.27. The summed E-state index contributed by atoms with van der Waals surface area (Å²) < 4.78 is 5.47. The topological polar surface area (TPSA) is 58.3 Å². The molecule has 0 saturated carbocycles. The summed E-state index contributed by atoms with van der Waals surface area (Å²) in [5, 5.41) is 14.9. The van der Waals surface area contributed by atoms with Gasteiger partial charge in [-0.2, -0.15) is 0 Å². The van der Waals surface area contributed by atoms with Crippen LogP contribution >= 0.6 is 11.3 Å². The molecule has 0 saturated heterocycles. The van der Waals surface area contributed by atoms with E-state index in [1.54, 1.807) is 18.3 Å². The van der Waals surface area contributed by atoms with E-state index in [9.17, 15) is 5.11 Å². The van der Waals surface area contributed by atoms with Crippen molar-refractivity contribution in [1.82, 2.24) is 10.3 Å². The van der Waals surface area contributed by atoms with Crippen molar-refractivity contribution in [1.29, 1.82) is 0 Å². The Hall–Kier alpha value is -1.17. The maximum absolute atomic E-state index is 10.5. The summed E-state index contributed by atoms with van der Waals surface area (Å²) in [6, 6.07) is 1.90. The molecule has 4 nitrogen and oxygen atoms in total. The molecule has 0 fully saturated rings. The van der Waals surface area contributed by atoms with Crippen LogP contribution in [0, 0.1) is 20.8 Å². The van der Waals surface area contributed by atoms with Gasteiger partial charge in [-0.1, -0.05) is 0 Å². The molecule has 2 aromatic heterocycles. The predicted molar refractivity (Wildman–Crippen MR) is 76.3 cm³/mol. The summed E-state index contributed by atoms with van der Waals surface area (Å²) in [5.74, 6) is 1.60. The first kappa shape index (κ1) is 14.2. The first-order chi connectivity index (χ1) is 8.88. The zero-order valence-corrected chi connectivity index (χ0v) is 12.6. The van der Waals surface area contributed by atoms with Crippen molar-refractivity contribution in [3.05, 3.63) is 39.2 Å². The number of nitrogens with zero attached hydrogens (tertiary/aromatic N) is 1. The van der Waals surface area contributed by atoms with Crippen molar-refractivity contribution >= 4 is 11.3 Å². The number of aryl methyl sites for hydroxylation is 3. The number of furan rings is 1. The number of hydrogen-bond acceptors (Lipinski definition) is 5. The summed E-state index contributed by atoms with van der Waals surface area (Å²) in [6.07, 6.45) is 1.87. The fraction of sp³-hybridized carbons (Fsp3) is 0.500. The van der Waals surface area contributed by atoms with E-state index >= 15 is 0 Å². The van der Waals surface area contributed by atoms with Crippen molar-refractivity contribution in [2.75, 3.05) is 6.54 Å². The largest absolute Gasteiger partial charge is 0.466 e. The lowest BCUT2D eigenvalue weighted by molar-refractivity contribution is 0.0552. The van der Waals surface area contributed by atoms with Gasteiger partial charge in [0, 0.05) is 29.7 Å². The molecule has 2 N–H and O–H groups in total. The second-order valence-electron chi connectivity index (χ2n) is 5.05. The molecule has 1 atom stereocenters. The van der Waals surface area contributed by atoms with Crippen LogP contribution in [-0.4, -0.2) is 16.6 Å². The van der Waals surface area contributed by atoms with Gasteiger partial charge in [-0.25, -0.2) is 4.98 Å². The third-order valence-electron chi connectivity index (χ3n) is 3.06. The van der Waals surface area contributed by atoms with E-state index in [0.717, 1.165) is 28.6 Å². The Balaban J connectivity index is 1.96. The highest BCUT2D eigenvalue weighted by Crippen LogP contribution is 2.26. The molecule has 0 aliphatic rings. The molecule has 0 spiro atoms. The highest BCUT2D eigenvalue weighted by molar-refractivity contribution is 7.11. The summed E-state index contributed by atoms with van der Waals surface area (Å²) in [7, 11) is 0. The van der Waals surface area contributed by atoms with E-state index in [2.05, 4.69) is 10.3 Å². The van der Waals surface area contributed by atoms with Gasteiger partial charge in [0.2, 0.25) is 0 Å². The Kier molecular flexibility index (Phi) is 4.08. The lowest BCUT2D eigenvalue weighted by Gasteiger charge is -2.23. The van der Waals surface area contributed by atoms with E-state index in [1.807, 2.05) is 33.0 Å². The molecule has 19 heavy (non-hydrogen) atoms. The molecular formula is C14H20N2O2S. The third-order valence-corrected chi connectivity index (χ3v) is 3.97. The van der Waals surface area contributed by atoms with Crippen molar-refractivity contribution in [3.8, 4) is 0 Å². The van der Waals surface area contributed by atoms with Gasteiger partial charge < -0.3 is 14.8 Å². The van der Waals surface area contributed by atoms with E-state index in [0.29, 0.717) is 6.54 Å². The molecular weight excluding hydrogens is 260 g/mol. The van der Waals surface area contributed by atoms with Gasteiger partial charge in [-0.3, -0.25) is 0 Å². The number of rotatable bonds is 5. The van der Waals surface area contributed by atoms with Gasteiger partial charge in [-0.15, -0.1) is 11.3 Å². The Labute approximate surface area is 117 Å². The average Bonchev–Trinajstić information content (AvgIpc) is 2.85. The number of thiazole rings is 1. The summed E-state index contributed by atoms with van der Waals surface area (Å²) in [6.45, 7) is 8.75. The van der Waals surface area contributed by atoms with E-state index in [-0.39, 0.29) is 0 Å². The second-order valence-corrected chi connectivity index (χ2v) is 6.37. The lowest BCUT2D eigenvalue weighted by atomic mass is 9.96. The summed E-state index contributed by atoms with van der Waals surface area (Å²) in [4.78, 5) is 5.38. The monoisotopic (exact) mass is 280 g/mol. The van der Waals surface area contributed by atoms with Crippen molar-refractivity contribution < 1.29 is 9.52 Å². The van der Waals surface area contributed by atoms with Crippen molar-refractivity contribution in [2.45, 2.75) is 39.8 Å². The Morgan fingerprint density at radius 2 is 2.16 bits per heavy atom. The zero-order chi connectivity index (χ0) is 14.0. The number of aliphatic hydroxyl groups is 1. The fourth-order valence-electron chi connectivity index (χ4n) is 2.18. The van der Waals surface area contributed by atoms with Crippen LogP contribution in [0.4, 0.5) is 0 Å². The molecule has 2 aromatic rings. The maximum atomic E-state index is 10.5. The molecule has 0 radical (unpaired) electrons.